The Morgan fingerprint density at radius 1 is 1.29 bits per heavy atom. The van der Waals surface area contributed by atoms with Gasteiger partial charge in [-0.1, -0.05) is 28.9 Å². The maximum Gasteiger partial charge on any atom is 0.274 e. The Bertz CT molecular complexity index is 1000. The number of rotatable bonds is 6. The topological polar surface area (TPSA) is 69.0 Å². The van der Waals surface area contributed by atoms with Crippen molar-refractivity contribution in [2.24, 2.45) is 0 Å². The van der Waals surface area contributed by atoms with Gasteiger partial charge in [0.15, 0.2) is 5.69 Å². The van der Waals surface area contributed by atoms with Gasteiger partial charge in [-0.2, -0.15) is 0 Å². The Kier molecular flexibility index (Phi) is 5.94. The van der Waals surface area contributed by atoms with E-state index >= 15 is 0 Å². The quantitative estimate of drug-likeness (QED) is 0.674. The summed E-state index contributed by atoms with van der Waals surface area (Å²) in [5.41, 5.74) is 2.14. The van der Waals surface area contributed by atoms with Crippen molar-refractivity contribution in [3.8, 4) is 11.4 Å². The van der Waals surface area contributed by atoms with E-state index in [1.807, 2.05) is 38.1 Å². The molecule has 1 heterocycles. The Morgan fingerprint density at radius 3 is 2.79 bits per heavy atom. The zero-order valence-electron chi connectivity index (χ0n) is 15.7. The minimum Gasteiger partial charge on any atom is -0.491 e. The third-order valence-electron chi connectivity index (χ3n) is 3.98. The van der Waals surface area contributed by atoms with E-state index in [1.165, 1.54) is 22.9 Å². The molecule has 3 rings (SSSR count). The van der Waals surface area contributed by atoms with Gasteiger partial charge in [-0.25, -0.2) is 9.07 Å². The average molecular weight is 403 g/mol. The Hall–Kier alpha value is -2.93. The molecule has 1 N–H and O–H groups in total. The van der Waals surface area contributed by atoms with Crippen LogP contribution >= 0.6 is 11.6 Å². The third-order valence-corrected chi connectivity index (χ3v) is 4.27. The van der Waals surface area contributed by atoms with Gasteiger partial charge < -0.3 is 10.1 Å². The lowest BCUT2D eigenvalue weighted by atomic mass is 10.2. The van der Waals surface area contributed by atoms with Crippen LogP contribution in [-0.2, 0) is 6.54 Å². The van der Waals surface area contributed by atoms with Crippen molar-refractivity contribution < 1.29 is 13.9 Å². The second-order valence-electron chi connectivity index (χ2n) is 6.53. The molecule has 0 atom stereocenters. The molecule has 0 spiro atoms. The summed E-state index contributed by atoms with van der Waals surface area (Å²) in [6.07, 6.45) is 0.0718. The zero-order valence-corrected chi connectivity index (χ0v) is 16.5. The summed E-state index contributed by atoms with van der Waals surface area (Å²) < 4.78 is 20.5. The number of amides is 1. The number of nitrogens with one attached hydrogen (secondary N) is 1. The predicted molar refractivity (Wildman–Crippen MR) is 104 cm³/mol. The number of carbonyl (C=O) groups is 1. The summed E-state index contributed by atoms with van der Waals surface area (Å²) in [6.45, 7) is 5.94. The number of hydrogen-bond donors (Lipinski definition) is 1. The van der Waals surface area contributed by atoms with E-state index in [9.17, 15) is 9.18 Å². The average Bonchev–Trinajstić information content (AvgIpc) is 3.03. The van der Waals surface area contributed by atoms with E-state index in [2.05, 4.69) is 15.6 Å². The summed E-state index contributed by atoms with van der Waals surface area (Å²) >= 11 is 5.82. The van der Waals surface area contributed by atoms with Crippen LogP contribution < -0.4 is 10.1 Å². The summed E-state index contributed by atoms with van der Waals surface area (Å²) in [4.78, 5) is 12.5. The van der Waals surface area contributed by atoms with E-state index < -0.39 is 5.82 Å². The van der Waals surface area contributed by atoms with Crippen LogP contribution in [0.25, 0.3) is 5.69 Å². The molecule has 0 saturated heterocycles. The fourth-order valence-corrected chi connectivity index (χ4v) is 2.84. The van der Waals surface area contributed by atoms with Crippen molar-refractivity contribution in [2.45, 2.75) is 33.4 Å². The largest absolute Gasteiger partial charge is 0.491 e. The van der Waals surface area contributed by atoms with Crippen molar-refractivity contribution >= 4 is 17.5 Å². The second kappa shape index (κ2) is 8.39. The Labute approximate surface area is 167 Å². The lowest BCUT2D eigenvalue weighted by Gasteiger charge is -2.11. The predicted octanol–water partition coefficient (Wildman–Crippen LogP) is 4.09. The van der Waals surface area contributed by atoms with Gasteiger partial charge in [-0.3, -0.25) is 4.79 Å². The summed E-state index contributed by atoms with van der Waals surface area (Å²) in [5, 5.41) is 10.7. The first kappa shape index (κ1) is 19.8. The number of aromatic nitrogens is 3. The van der Waals surface area contributed by atoms with E-state index in [4.69, 9.17) is 16.3 Å². The zero-order chi connectivity index (χ0) is 20.3. The van der Waals surface area contributed by atoms with Crippen LogP contribution in [0, 0.1) is 12.7 Å². The maximum absolute atomic E-state index is 13.4. The molecule has 1 aromatic heterocycles. The maximum atomic E-state index is 13.4. The van der Waals surface area contributed by atoms with Crippen molar-refractivity contribution in [1.29, 1.82) is 0 Å². The number of benzene rings is 2. The monoisotopic (exact) mass is 402 g/mol. The van der Waals surface area contributed by atoms with Gasteiger partial charge in [-0.15, -0.1) is 5.10 Å². The van der Waals surface area contributed by atoms with E-state index in [1.54, 1.807) is 6.92 Å². The molecule has 0 aliphatic carbocycles. The first-order chi connectivity index (χ1) is 13.3. The van der Waals surface area contributed by atoms with Crippen LogP contribution in [0.1, 0.15) is 35.6 Å². The van der Waals surface area contributed by atoms with Crippen molar-refractivity contribution in [3.63, 3.8) is 0 Å². The molecule has 0 aliphatic heterocycles. The fraction of sp³-hybridized carbons (Fsp3) is 0.250. The van der Waals surface area contributed by atoms with E-state index in [-0.39, 0.29) is 22.7 Å². The SMILES string of the molecule is Cc1c(C(=O)NCc2cccc(OC(C)C)c2)nnn1-c1ccc(F)c(Cl)c1. The molecule has 0 unspecified atom stereocenters. The number of carbonyl (C=O) groups excluding carboxylic acids is 1. The van der Waals surface area contributed by atoms with Crippen LogP contribution in [0.5, 0.6) is 5.75 Å². The van der Waals surface area contributed by atoms with Gasteiger partial charge in [0.25, 0.3) is 5.91 Å². The van der Waals surface area contributed by atoms with E-state index in [0.29, 0.717) is 17.9 Å². The van der Waals surface area contributed by atoms with Crippen molar-refractivity contribution in [2.75, 3.05) is 0 Å². The number of nitrogens with zero attached hydrogens (tertiary/aromatic N) is 3. The molecule has 0 radical (unpaired) electrons. The lowest BCUT2D eigenvalue weighted by molar-refractivity contribution is 0.0945. The summed E-state index contributed by atoms with van der Waals surface area (Å²) in [7, 11) is 0. The molecule has 1 amide bonds. The molecule has 6 nitrogen and oxygen atoms in total. The number of ether oxygens (including phenoxy) is 1. The minimum absolute atomic E-state index is 0.0260. The molecule has 0 fully saturated rings. The van der Waals surface area contributed by atoms with Crippen LogP contribution in [0.3, 0.4) is 0 Å². The summed E-state index contributed by atoms with van der Waals surface area (Å²) in [5.74, 6) is -0.131. The molecule has 0 bridgehead atoms. The highest BCUT2D eigenvalue weighted by Crippen LogP contribution is 2.20. The van der Waals surface area contributed by atoms with Gasteiger partial charge in [0.05, 0.1) is 22.5 Å². The first-order valence-corrected chi connectivity index (χ1v) is 9.14. The minimum atomic E-state index is -0.523. The molecule has 28 heavy (non-hydrogen) atoms. The van der Waals surface area contributed by atoms with Gasteiger partial charge in [0, 0.05) is 6.54 Å². The molecule has 0 aliphatic rings. The molecular formula is C20H20ClFN4O2. The summed E-state index contributed by atoms with van der Waals surface area (Å²) in [6, 6.07) is 11.7. The lowest BCUT2D eigenvalue weighted by Crippen LogP contribution is -2.24. The van der Waals surface area contributed by atoms with Gasteiger partial charge >= 0.3 is 0 Å². The molecule has 2 aromatic carbocycles. The first-order valence-electron chi connectivity index (χ1n) is 8.76. The standard InChI is InChI=1S/C20H20ClFN4O2/c1-12(2)28-16-6-4-5-14(9-16)11-23-20(27)19-13(3)26(25-24-19)15-7-8-18(22)17(21)10-15/h4-10,12H,11H2,1-3H3,(H,23,27). The number of halogens is 2. The normalized spacial score (nSPS) is 10.9. The Morgan fingerprint density at radius 2 is 2.07 bits per heavy atom. The van der Waals surface area contributed by atoms with Crippen molar-refractivity contribution in [3.05, 3.63) is 70.3 Å². The highest BCUT2D eigenvalue weighted by atomic mass is 35.5. The number of hydrogen-bond acceptors (Lipinski definition) is 4. The molecule has 146 valence electrons. The highest BCUT2D eigenvalue weighted by Gasteiger charge is 2.18. The molecule has 0 saturated carbocycles. The van der Waals surface area contributed by atoms with Gasteiger partial charge in [-0.05, 0) is 56.7 Å². The Balaban J connectivity index is 1.72. The smallest absolute Gasteiger partial charge is 0.274 e. The van der Waals surface area contributed by atoms with Crippen LogP contribution in [-0.4, -0.2) is 27.0 Å². The molecular weight excluding hydrogens is 383 g/mol. The molecule has 8 heteroatoms. The van der Waals surface area contributed by atoms with Crippen molar-refractivity contribution in [1.82, 2.24) is 20.3 Å². The highest BCUT2D eigenvalue weighted by molar-refractivity contribution is 6.30. The van der Waals surface area contributed by atoms with Gasteiger partial charge in [0.2, 0.25) is 0 Å². The van der Waals surface area contributed by atoms with Gasteiger partial charge in [0.1, 0.15) is 11.6 Å². The van der Waals surface area contributed by atoms with Crippen LogP contribution in [0.4, 0.5) is 4.39 Å². The second-order valence-corrected chi connectivity index (χ2v) is 6.94. The van der Waals surface area contributed by atoms with E-state index in [0.717, 1.165) is 11.3 Å². The third kappa shape index (κ3) is 4.48. The molecule has 3 aromatic rings. The van der Waals surface area contributed by atoms with Crippen LogP contribution in [0.15, 0.2) is 42.5 Å². The van der Waals surface area contributed by atoms with Crippen LogP contribution in [0.2, 0.25) is 5.02 Å². The fourth-order valence-electron chi connectivity index (χ4n) is 2.67.